The first-order valence-electron chi connectivity index (χ1n) is 7.25. The Kier molecular flexibility index (Phi) is 5.92. The van der Waals surface area contributed by atoms with Crippen LogP contribution in [0.2, 0.25) is 0 Å². The number of nitrogens with one attached hydrogen (secondary N) is 3. The molecular formula is C15H20FN3OS. The molecule has 0 saturated heterocycles. The van der Waals surface area contributed by atoms with Gasteiger partial charge in [0, 0.05) is 6.42 Å². The summed E-state index contributed by atoms with van der Waals surface area (Å²) in [4.78, 5) is 11.7. The van der Waals surface area contributed by atoms with Crippen LogP contribution in [0.25, 0.3) is 0 Å². The van der Waals surface area contributed by atoms with Crippen molar-refractivity contribution in [2.75, 3.05) is 5.32 Å². The van der Waals surface area contributed by atoms with Crippen molar-refractivity contribution < 1.29 is 9.18 Å². The normalized spacial score (nSPS) is 14.7. The number of hydrazine groups is 1. The van der Waals surface area contributed by atoms with E-state index in [-0.39, 0.29) is 16.7 Å². The summed E-state index contributed by atoms with van der Waals surface area (Å²) in [7, 11) is 0. The standard InChI is InChI=1S/C15H20FN3OS/c16-12-7-3-4-8-13(12)17-15(21)19-18-14(20)10-9-11-5-1-2-6-11/h3-4,7-8,11H,1-2,5-6,9-10H2,(H,18,20)(H2,17,19,21). The molecule has 1 amide bonds. The lowest BCUT2D eigenvalue weighted by Gasteiger charge is -2.13. The number of para-hydroxylation sites is 1. The van der Waals surface area contributed by atoms with Crippen LogP contribution in [0.15, 0.2) is 24.3 Å². The average molecular weight is 309 g/mol. The van der Waals surface area contributed by atoms with Gasteiger partial charge >= 0.3 is 0 Å². The van der Waals surface area contributed by atoms with Gasteiger partial charge in [-0.3, -0.25) is 15.6 Å². The Hall–Kier alpha value is -1.69. The number of anilines is 1. The molecule has 6 heteroatoms. The molecule has 1 aliphatic carbocycles. The summed E-state index contributed by atoms with van der Waals surface area (Å²) in [5.41, 5.74) is 5.39. The molecule has 0 unspecified atom stereocenters. The minimum Gasteiger partial charge on any atom is -0.329 e. The molecule has 0 heterocycles. The van der Waals surface area contributed by atoms with Crippen LogP contribution in [-0.4, -0.2) is 11.0 Å². The summed E-state index contributed by atoms with van der Waals surface area (Å²) < 4.78 is 13.4. The molecule has 1 aliphatic rings. The summed E-state index contributed by atoms with van der Waals surface area (Å²) in [5, 5.41) is 2.85. The van der Waals surface area contributed by atoms with Crippen molar-refractivity contribution in [2.24, 2.45) is 5.92 Å². The Bertz CT molecular complexity index is 503. The molecule has 1 saturated carbocycles. The zero-order valence-corrected chi connectivity index (χ0v) is 12.6. The number of amides is 1. The largest absolute Gasteiger partial charge is 0.329 e. The second kappa shape index (κ2) is 7.93. The van der Waals surface area contributed by atoms with Gasteiger partial charge in [0.2, 0.25) is 5.91 Å². The monoisotopic (exact) mass is 309 g/mol. The highest BCUT2D eigenvalue weighted by Gasteiger charge is 2.16. The molecule has 1 fully saturated rings. The fraction of sp³-hybridized carbons (Fsp3) is 0.467. The Morgan fingerprint density at radius 3 is 2.67 bits per heavy atom. The van der Waals surface area contributed by atoms with Crippen molar-refractivity contribution in [3.05, 3.63) is 30.1 Å². The third-order valence-electron chi connectivity index (χ3n) is 3.69. The van der Waals surface area contributed by atoms with E-state index in [1.54, 1.807) is 18.2 Å². The number of carbonyl (C=O) groups is 1. The van der Waals surface area contributed by atoms with Crippen molar-refractivity contribution in [1.82, 2.24) is 10.9 Å². The Morgan fingerprint density at radius 2 is 1.95 bits per heavy atom. The van der Waals surface area contributed by atoms with Crippen LogP contribution < -0.4 is 16.2 Å². The van der Waals surface area contributed by atoms with Crippen LogP contribution in [0.1, 0.15) is 38.5 Å². The quantitative estimate of drug-likeness (QED) is 0.591. The van der Waals surface area contributed by atoms with Crippen LogP contribution in [0.4, 0.5) is 10.1 Å². The lowest BCUT2D eigenvalue weighted by Crippen LogP contribution is -2.43. The predicted molar refractivity (Wildman–Crippen MR) is 85.1 cm³/mol. The van der Waals surface area contributed by atoms with Gasteiger partial charge in [-0.15, -0.1) is 0 Å². The van der Waals surface area contributed by atoms with E-state index in [1.807, 2.05) is 0 Å². The van der Waals surface area contributed by atoms with Gasteiger partial charge in [0.25, 0.3) is 0 Å². The smallest absolute Gasteiger partial charge is 0.238 e. The Balaban J connectivity index is 1.66. The maximum absolute atomic E-state index is 13.4. The summed E-state index contributed by atoms with van der Waals surface area (Å²) in [5.74, 6) is 0.188. The second-order valence-electron chi connectivity index (χ2n) is 5.30. The maximum atomic E-state index is 13.4. The highest BCUT2D eigenvalue weighted by atomic mass is 32.1. The number of carbonyl (C=O) groups excluding carboxylic acids is 1. The van der Waals surface area contributed by atoms with E-state index in [1.165, 1.54) is 31.7 Å². The molecule has 0 bridgehead atoms. The summed E-state index contributed by atoms with van der Waals surface area (Å²) in [6, 6.07) is 6.21. The number of hydrogen-bond acceptors (Lipinski definition) is 2. The summed E-state index contributed by atoms with van der Waals surface area (Å²) >= 11 is 5.00. The zero-order chi connectivity index (χ0) is 15.1. The van der Waals surface area contributed by atoms with Crippen molar-refractivity contribution in [2.45, 2.75) is 38.5 Å². The Morgan fingerprint density at radius 1 is 1.24 bits per heavy atom. The van der Waals surface area contributed by atoms with Gasteiger partial charge in [-0.2, -0.15) is 0 Å². The van der Waals surface area contributed by atoms with E-state index < -0.39 is 5.82 Å². The third kappa shape index (κ3) is 5.30. The molecule has 3 N–H and O–H groups in total. The number of halogens is 1. The SMILES string of the molecule is O=C(CCC1CCCC1)NNC(=S)Nc1ccccc1F. The van der Waals surface area contributed by atoms with E-state index >= 15 is 0 Å². The number of thiocarbonyl (C=S) groups is 1. The molecule has 1 aromatic rings. The average Bonchev–Trinajstić information content (AvgIpc) is 2.99. The molecular weight excluding hydrogens is 289 g/mol. The van der Waals surface area contributed by atoms with Gasteiger partial charge in [-0.05, 0) is 36.7 Å². The zero-order valence-electron chi connectivity index (χ0n) is 11.8. The molecule has 114 valence electrons. The van der Waals surface area contributed by atoms with Crippen LogP contribution in [-0.2, 0) is 4.79 Å². The molecule has 2 rings (SSSR count). The topological polar surface area (TPSA) is 53.2 Å². The van der Waals surface area contributed by atoms with E-state index in [9.17, 15) is 9.18 Å². The minimum absolute atomic E-state index is 0.0976. The van der Waals surface area contributed by atoms with Gasteiger partial charge in [0.1, 0.15) is 5.82 Å². The minimum atomic E-state index is -0.394. The maximum Gasteiger partial charge on any atom is 0.238 e. The van der Waals surface area contributed by atoms with Crippen molar-refractivity contribution in [1.29, 1.82) is 0 Å². The number of hydrogen-bond donors (Lipinski definition) is 3. The molecule has 0 aliphatic heterocycles. The van der Waals surface area contributed by atoms with Crippen molar-refractivity contribution in [3.8, 4) is 0 Å². The highest BCUT2D eigenvalue weighted by Crippen LogP contribution is 2.28. The van der Waals surface area contributed by atoms with Crippen LogP contribution in [0.3, 0.4) is 0 Å². The molecule has 4 nitrogen and oxygen atoms in total. The van der Waals surface area contributed by atoms with Crippen LogP contribution >= 0.6 is 12.2 Å². The summed E-state index contributed by atoms with van der Waals surface area (Å²) in [6.07, 6.45) is 6.42. The number of rotatable bonds is 4. The summed E-state index contributed by atoms with van der Waals surface area (Å²) in [6.45, 7) is 0. The molecule has 1 aromatic carbocycles. The van der Waals surface area contributed by atoms with Crippen molar-refractivity contribution >= 4 is 28.9 Å². The van der Waals surface area contributed by atoms with E-state index in [4.69, 9.17) is 12.2 Å². The fourth-order valence-electron chi connectivity index (χ4n) is 2.54. The van der Waals surface area contributed by atoms with Gasteiger partial charge in [0.15, 0.2) is 5.11 Å². The molecule has 0 aromatic heterocycles. The molecule has 0 atom stereocenters. The van der Waals surface area contributed by atoms with Gasteiger partial charge in [-0.1, -0.05) is 37.8 Å². The fourth-order valence-corrected chi connectivity index (χ4v) is 2.70. The van der Waals surface area contributed by atoms with E-state index in [0.717, 1.165) is 6.42 Å². The number of benzene rings is 1. The predicted octanol–water partition coefficient (Wildman–Crippen LogP) is 3.11. The second-order valence-corrected chi connectivity index (χ2v) is 5.70. The van der Waals surface area contributed by atoms with Crippen LogP contribution in [0, 0.1) is 11.7 Å². The molecule has 0 spiro atoms. The molecule has 21 heavy (non-hydrogen) atoms. The van der Waals surface area contributed by atoms with E-state index in [0.29, 0.717) is 12.3 Å². The first-order valence-corrected chi connectivity index (χ1v) is 7.66. The van der Waals surface area contributed by atoms with Crippen molar-refractivity contribution in [3.63, 3.8) is 0 Å². The van der Waals surface area contributed by atoms with E-state index in [2.05, 4.69) is 16.2 Å². The lowest BCUT2D eigenvalue weighted by atomic mass is 10.0. The van der Waals surface area contributed by atoms with Gasteiger partial charge < -0.3 is 5.32 Å². The lowest BCUT2D eigenvalue weighted by molar-refractivity contribution is -0.121. The van der Waals surface area contributed by atoms with Gasteiger partial charge in [0.05, 0.1) is 5.69 Å². The third-order valence-corrected chi connectivity index (χ3v) is 3.90. The van der Waals surface area contributed by atoms with Gasteiger partial charge in [-0.25, -0.2) is 4.39 Å². The first kappa shape index (κ1) is 15.7. The Labute approximate surface area is 129 Å². The van der Waals surface area contributed by atoms with Crippen LogP contribution in [0.5, 0.6) is 0 Å². The molecule has 0 radical (unpaired) electrons. The highest BCUT2D eigenvalue weighted by molar-refractivity contribution is 7.80. The first-order chi connectivity index (χ1) is 10.1.